The number of piperidine rings is 1. The number of carbonyl (C=O) groups excluding carboxylic acids is 1. The minimum atomic E-state index is 0.0421. The highest BCUT2D eigenvalue weighted by atomic mass is 35.5. The first-order chi connectivity index (χ1) is 16.1. The molecule has 2 fully saturated rings. The largest absolute Gasteiger partial charge is 0.454 e. The molecule has 0 saturated carbocycles. The molecule has 8 heteroatoms. The van der Waals surface area contributed by atoms with Gasteiger partial charge in [-0.1, -0.05) is 35.3 Å². The molecule has 6 nitrogen and oxygen atoms in total. The number of halogens is 2. The number of fused-ring (bicyclic) bond motifs is 1. The predicted octanol–water partition coefficient (Wildman–Crippen LogP) is 4.28. The zero-order valence-corrected chi connectivity index (χ0v) is 20.2. The number of ether oxygens (including phenoxy) is 2. The fourth-order valence-electron chi connectivity index (χ4n) is 4.99. The summed E-state index contributed by atoms with van der Waals surface area (Å²) < 4.78 is 10.9. The summed E-state index contributed by atoms with van der Waals surface area (Å²) in [4.78, 5) is 20.0. The summed E-state index contributed by atoms with van der Waals surface area (Å²) >= 11 is 12.7. The monoisotopic (exact) mass is 489 g/mol. The van der Waals surface area contributed by atoms with E-state index in [1.54, 1.807) is 0 Å². The summed E-state index contributed by atoms with van der Waals surface area (Å²) in [6.45, 7) is 6.88. The van der Waals surface area contributed by atoms with E-state index < -0.39 is 0 Å². The molecule has 0 radical (unpaired) electrons. The lowest BCUT2D eigenvalue weighted by molar-refractivity contribution is -0.139. The molecule has 2 saturated heterocycles. The van der Waals surface area contributed by atoms with Crippen molar-refractivity contribution in [3.05, 3.63) is 57.6 Å². The first kappa shape index (κ1) is 22.8. The summed E-state index contributed by atoms with van der Waals surface area (Å²) in [5.41, 5.74) is 2.16. The van der Waals surface area contributed by atoms with Gasteiger partial charge in [0.05, 0.1) is 5.92 Å². The number of amides is 1. The fraction of sp³-hybridized carbons (Fsp3) is 0.480. The van der Waals surface area contributed by atoms with Gasteiger partial charge < -0.3 is 14.4 Å². The molecule has 0 spiro atoms. The minimum Gasteiger partial charge on any atom is -0.454 e. The molecule has 33 heavy (non-hydrogen) atoms. The standard InChI is InChI=1S/C25H29Cl2N3O3/c26-21-4-1-5-22(27)20(21)16-29-8-2-3-19(15-29)25(31)30-11-9-28(10-12-30)14-18-6-7-23-24(13-18)33-17-32-23/h1,4-7,13,19H,2-3,8-12,14-17H2. The van der Waals surface area contributed by atoms with Crippen molar-refractivity contribution in [3.63, 3.8) is 0 Å². The van der Waals surface area contributed by atoms with Crippen LogP contribution in [-0.4, -0.2) is 66.7 Å². The van der Waals surface area contributed by atoms with Crippen LogP contribution in [0.4, 0.5) is 0 Å². The van der Waals surface area contributed by atoms with E-state index in [9.17, 15) is 4.79 Å². The molecule has 0 aliphatic carbocycles. The van der Waals surface area contributed by atoms with E-state index in [1.807, 2.05) is 29.2 Å². The fourth-order valence-corrected chi connectivity index (χ4v) is 5.51. The summed E-state index contributed by atoms with van der Waals surface area (Å²) in [5.74, 6) is 1.96. The molecular weight excluding hydrogens is 461 g/mol. The predicted molar refractivity (Wildman–Crippen MR) is 129 cm³/mol. The SMILES string of the molecule is O=C(C1CCCN(Cc2c(Cl)cccc2Cl)C1)N1CCN(Cc2ccc3c(c2)OCO3)CC1. The Bertz CT molecular complexity index is 990. The number of carbonyl (C=O) groups is 1. The van der Waals surface area contributed by atoms with Crippen molar-refractivity contribution in [1.82, 2.24) is 14.7 Å². The lowest BCUT2D eigenvalue weighted by Crippen LogP contribution is -2.52. The van der Waals surface area contributed by atoms with Gasteiger partial charge in [0.1, 0.15) is 0 Å². The number of hydrogen-bond donors (Lipinski definition) is 0. The quantitative estimate of drug-likeness (QED) is 0.627. The molecule has 2 aromatic rings. The number of benzene rings is 2. The molecule has 176 valence electrons. The lowest BCUT2D eigenvalue weighted by Gasteiger charge is -2.39. The highest BCUT2D eigenvalue weighted by Crippen LogP contribution is 2.33. The molecule has 1 unspecified atom stereocenters. The van der Waals surface area contributed by atoms with Crippen molar-refractivity contribution in [3.8, 4) is 11.5 Å². The minimum absolute atomic E-state index is 0.0421. The Kier molecular flexibility index (Phi) is 6.97. The molecular formula is C25H29Cl2N3O3. The Balaban J connectivity index is 1.13. The van der Waals surface area contributed by atoms with Gasteiger partial charge in [-0.15, -0.1) is 0 Å². The molecule has 5 rings (SSSR count). The van der Waals surface area contributed by atoms with E-state index in [-0.39, 0.29) is 11.8 Å². The summed E-state index contributed by atoms with van der Waals surface area (Å²) in [6.07, 6.45) is 1.96. The van der Waals surface area contributed by atoms with Crippen LogP contribution in [0.15, 0.2) is 36.4 Å². The highest BCUT2D eigenvalue weighted by molar-refractivity contribution is 6.35. The van der Waals surface area contributed by atoms with E-state index in [4.69, 9.17) is 32.7 Å². The van der Waals surface area contributed by atoms with E-state index in [1.165, 1.54) is 5.56 Å². The van der Waals surface area contributed by atoms with Gasteiger partial charge in [-0.05, 0) is 49.2 Å². The molecule has 0 aromatic heterocycles. The van der Waals surface area contributed by atoms with Gasteiger partial charge in [-0.25, -0.2) is 0 Å². The third-order valence-corrected chi connectivity index (χ3v) is 7.53. The maximum atomic E-state index is 13.3. The van der Waals surface area contributed by atoms with Crippen molar-refractivity contribution in [2.45, 2.75) is 25.9 Å². The normalized spacial score (nSPS) is 21.4. The highest BCUT2D eigenvalue weighted by Gasteiger charge is 2.31. The van der Waals surface area contributed by atoms with E-state index >= 15 is 0 Å². The van der Waals surface area contributed by atoms with Crippen LogP contribution in [-0.2, 0) is 17.9 Å². The smallest absolute Gasteiger partial charge is 0.231 e. The van der Waals surface area contributed by atoms with Crippen LogP contribution >= 0.6 is 23.2 Å². The zero-order chi connectivity index (χ0) is 22.8. The third-order valence-electron chi connectivity index (χ3n) is 6.83. The van der Waals surface area contributed by atoms with Gasteiger partial charge in [0.15, 0.2) is 11.5 Å². The van der Waals surface area contributed by atoms with Gasteiger partial charge in [0.2, 0.25) is 12.7 Å². The Labute approximate surface area is 204 Å². The Morgan fingerprint density at radius 3 is 2.45 bits per heavy atom. The van der Waals surface area contributed by atoms with Gasteiger partial charge in [0.25, 0.3) is 0 Å². The van der Waals surface area contributed by atoms with Gasteiger partial charge >= 0.3 is 0 Å². The van der Waals surface area contributed by atoms with Crippen LogP contribution in [0.3, 0.4) is 0 Å². The second-order valence-corrected chi connectivity index (χ2v) is 9.88. The summed E-state index contributed by atoms with van der Waals surface area (Å²) in [6, 6.07) is 11.7. The first-order valence-corrected chi connectivity index (χ1v) is 12.4. The van der Waals surface area contributed by atoms with Crippen LogP contribution in [0.25, 0.3) is 0 Å². The van der Waals surface area contributed by atoms with Gasteiger partial charge in [-0.2, -0.15) is 0 Å². The maximum Gasteiger partial charge on any atom is 0.231 e. The molecule has 1 amide bonds. The second-order valence-electron chi connectivity index (χ2n) is 9.06. The van der Waals surface area contributed by atoms with Crippen molar-refractivity contribution in [2.24, 2.45) is 5.92 Å². The average molecular weight is 490 g/mol. The van der Waals surface area contributed by atoms with Crippen LogP contribution in [0.2, 0.25) is 10.0 Å². The molecule has 2 aromatic carbocycles. The van der Waals surface area contributed by atoms with Gasteiger partial charge in [-0.3, -0.25) is 14.6 Å². The van der Waals surface area contributed by atoms with Crippen LogP contribution in [0, 0.1) is 5.92 Å². The topological polar surface area (TPSA) is 45.3 Å². The van der Waals surface area contributed by atoms with E-state index in [0.717, 1.165) is 75.7 Å². The van der Waals surface area contributed by atoms with Crippen molar-refractivity contribution in [1.29, 1.82) is 0 Å². The van der Waals surface area contributed by atoms with Gasteiger partial charge in [0, 0.05) is 61.4 Å². The number of hydrogen-bond acceptors (Lipinski definition) is 5. The number of likely N-dealkylation sites (tertiary alicyclic amines) is 1. The van der Waals surface area contributed by atoms with Crippen molar-refractivity contribution in [2.75, 3.05) is 46.1 Å². The average Bonchev–Trinajstić information content (AvgIpc) is 3.30. The van der Waals surface area contributed by atoms with Crippen LogP contribution in [0.5, 0.6) is 11.5 Å². The van der Waals surface area contributed by atoms with Crippen LogP contribution < -0.4 is 9.47 Å². The molecule has 3 aliphatic rings. The zero-order valence-electron chi connectivity index (χ0n) is 18.6. The number of nitrogens with zero attached hydrogens (tertiary/aromatic N) is 3. The Morgan fingerprint density at radius 1 is 0.909 bits per heavy atom. The van der Waals surface area contributed by atoms with Crippen molar-refractivity contribution < 1.29 is 14.3 Å². The molecule has 1 atom stereocenters. The number of rotatable bonds is 5. The van der Waals surface area contributed by atoms with Crippen molar-refractivity contribution >= 4 is 29.1 Å². The lowest BCUT2D eigenvalue weighted by atomic mass is 9.95. The summed E-state index contributed by atoms with van der Waals surface area (Å²) in [5, 5.41) is 1.38. The molecule has 0 N–H and O–H groups in total. The molecule has 3 aliphatic heterocycles. The Hall–Kier alpha value is -1.99. The van der Waals surface area contributed by atoms with E-state index in [0.29, 0.717) is 23.4 Å². The van der Waals surface area contributed by atoms with Crippen LogP contribution in [0.1, 0.15) is 24.0 Å². The maximum absolute atomic E-state index is 13.3. The first-order valence-electron chi connectivity index (χ1n) is 11.6. The molecule has 3 heterocycles. The number of piperazine rings is 1. The third kappa shape index (κ3) is 5.24. The summed E-state index contributed by atoms with van der Waals surface area (Å²) in [7, 11) is 0. The second kappa shape index (κ2) is 10.1. The molecule has 0 bridgehead atoms. The van der Waals surface area contributed by atoms with E-state index in [2.05, 4.69) is 21.9 Å². The Morgan fingerprint density at radius 2 is 1.67 bits per heavy atom.